The van der Waals surface area contributed by atoms with E-state index in [1.165, 1.54) is 6.26 Å². The number of benzene rings is 3. The molecule has 1 unspecified atom stereocenters. The van der Waals surface area contributed by atoms with Crippen LogP contribution in [0.5, 0.6) is 5.75 Å². The molecule has 0 saturated carbocycles. The molecule has 0 bridgehead atoms. The average Bonchev–Trinajstić information content (AvgIpc) is 2.74. The Bertz CT molecular complexity index is 1100. The molecular formula is C24H20O3. The van der Waals surface area contributed by atoms with Gasteiger partial charge in [0.05, 0.1) is 10.9 Å². The number of ether oxygens (including phenoxy) is 1. The Labute approximate surface area is 157 Å². The Morgan fingerprint density at radius 3 is 2.33 bits per heavy atom. The molecule has 27 heavy (non-hydrogen) atoms. The normalized spacial score (nSPS) is 12.0. The van der Waals surface area contributed by atoms with Crippen LogP contribution in [0.1, 0.15) is 25.0 Å². The smallest absolute Gasteiger partial charge is 0.200 e. The van der Waals surface area contributed by atoms with Gasteiger partial charge >= 0.3 is 0 Å². The first kappa shape index (κ1) is 17.1. The predicted molar refractivity (Wildman–Crippen MR) is 108 cm³/mol. The summed E-state index contributed by atoms with van der Waals surface area (Å²) in [5, 5.41) is 0.525. The molecule has 0 aliphatic heterocycles. The van der Waals surface area contributed by atoms with E-state index >= 15 is 0 Å². The molecule has 1 atom stereocenters. The summed E-state index contributed by atoms with van der Waals surface area (Å²) in [6.07, 6.45) is 2.30. The Balaban J connectivity index is 1.73. The zero-order chi connectivity index (χ0) is 18.6. The van der Waals surface area contributed by atoms with Crippen molar-refractivity contribution in [1.82, 2.24) is 0 Å². The highest BCUT2D eigenvalue weighted by atomic mass is 16.5. The first-order chi connectivity index (χ1) is 13.3. The van der Waals surface area contributed by atoms with Gasteiger partial charge in [-0.3, -0.25) is 4.79 Å². The van der Waals surface area contributed by atoms with Crippen LogP contribution in [0, 0.1) is 0 Å². The van der Waals surface area contributed by atoms with E-state index in [-0.39, 0.29) is 11.5 Å². The molecule has 0 aliphatic carbocycles. The van der Waals surface area contributed by atoms with Gasteiger partial charge in [0.2, 0.25) is 5.43 Å². The largest absolute Gasteiger partial charge is 0.486 e. The molecule has 4 rings (SSSR count). The minimum absolute atomic E-state index is 0.0549. The second-order valence-corrected chi connectivity index (χ2v) is 6.43. The van der Waals surface area contributed by atoms with Crippen LogP contribution < -0.4 is 10.2 Å². The molecule has 3 aromatic carbocycles. The van der Waals surface area contributed by atoms with E-state index in [2.05, 4.69) is 19.1 Å². The molecule has 4 aromatic rings. The Morgan fingerprint density at radius 1 is 0.926 bits per heavy atom. The van der Waals surface area contributed by atoms with E-state index in [1.807, 2.05) is 54.6 Å². The third kappa shape index (κ3) is 3.49. The van der Waals surface area contributed by atoms with E-state index in [0.29, 0.717) is 22.3 Å². The maximum Gasteiger partial charge on any atom is 0.200 e. The molecule has 1 aromatic heterocycles. The van der Waals surface area contributed by atoms with Gasteiger partial charge in [-0.1, -0.05) is 67.6 Å². The first-order valence-corrected chi connectivity index (χ1v) is 9.09. The molecule has 0 aliphatic rings. The second kappa shape index (κ2) is 7.50. The van der Waals surface area contributed by atoms with E-state index in [9.17, 15) is 4.79 Å². The van der Waals surface area contributed by atoms with Gasteiger partial charge in [0, 0.05) is 0 Å². The lowest BCUT2D eigenvalue weighted by Gasteiger charge is -2.18. The number of fused-ring (bicyclic) bond motifs is 1. The predicted octanol–water partition coefficient (Wildman–Crippen LogP) is 5.99. The summed E-state index contributed by atoms with van der Waals surface area (Å²) >= 11 is 0. The monoisotopic (exact) mass is 356 g/mol. The molecule has 0 saturated heterocycles. The summed E-state index contributed by atoms with van der Waals surface area (Å²) in [4.78, 5) is 13.0. The molecule has 3 nitrogen and oxygen atoms in total. The second-order valence-electron chi connectivity index (χ2n) is 6.43. The maximum atomic E-state index is 13.0. The van der Waals surface area contributed by atoms with Crippen LogP contribution in [-0.2, 0) is 0 Å². The van der Waals surface area contributed by atoms with Crippen LogP contribution >= 0.6 is 0 Å². The summed E-state index contributed by atoms with van der Waals surface area (Å²) in [6.45, 7) is 2.08. The summed E-state index contributed by atoms with van der Waals surface area (Å²) in [6, 6.07) is 25.1. The highest BCUT2D eigenvalue weighted by Gasteiger charge is 2.13. The Kier molecular flexibility index (Phi) is 4.75. The average molecular weight is 356 g/mol. The number of rotatable bonds is 5. The van der Waals surface area contributed by atoms with E-state index in [0.717, 1.165) is 17.5 Å². The standard InChI is InChI=1S/C24H20O3/c1-2-22(18-11-7-4-8-12-18)27-19-13-14-23-20(15-19)24(25)21(16-26-23)17-9-5-3-6-10-17/h3-16,22H,2H2,1H3. The van der Waals surface area contributed by atoms with Gasteiger partial charge in [-0.15, -0.1) is 0 Å². The Hall–Kier alpha value is -3.33. The van der Waals surface area contributed by atoms with Crippen molar-refractivity contribution in [2.24, 2.45) is 0 Å². The summed E-state index contributed by atoms with van der Waals surface area (Å²) in [7, 11) is 0. The van der Waals surface area contributed by atoms with Gasteiger partial charge in [0.15, 0.2) is 0 Å². The number of hydrogen-bond donors (Lipinski definition) is 0. The fourth-order valence-corrected chi connectivity index (χ4v) is 3.22. The molecular weight excluding hydrogens is 336 g/mol. The molecule has 0 spiro atoms. The van der Waals surface area contributed by atoms with Crippen molar-refractivity contribution in [3.63, 3.8) is 0 Å². The van der Waals surface area contributed by atoms with Crippen molar-refractivity contribution >= 4 is 11.0 Å². The van der Waals surface area contributed by atoms with Crippen molar-refractivity contribution in [3.8, 4) is 16.9 Å². The zero-order valence-electron chi connectivity index (χ0n) is 15.1. The van der Waals surface area contributed by atoms with Crippen molar-refractivity contribution in [3.05, 3.63) is 101 Å². The van der Waals surface area contributed by atoms with Gasteiger partial charge in [-0.05, 0) is 35.7 Å². The molecule has 134 valence electrons. The quantitative estimate of drug-likeness (QED) is 0.441. The maximum absolute atomic E-state index is 13.0. The highest BCUT2D eigenvalue weighted by molar-refractivity contribution is 5.82. The zero-order valence-corrected chi connectivity index (χ0v) is 15.1. The molecule has 0 fully saturated rings. The van der Waals surface area contributed by atoms with Crippen LogP contribution in [0.4, 0.5) is 0 Å². The van der Waals surface area contributed by atoms with Gasteiger partial charge < -0.3 is 9.15 Å². The lowest BCUT2D eigenvalue weighted by atomic mass is 10.1. The van der Waals surface area contributed by atoms with Gasteiger partial charge in [-0.25, -0.2) is 0 Å². The van der Waals surface area contributed by atoms with Crippen LogP contribution in [0.25, 0.3) is 22.1 Å². The lowest BCUT2D eigenvalue weighted by molar-refractivity contribution is 0.201. The SMILES string of the molecule is CCC(Oc1ccc2occ(-c3ccccc3)c(=O)c2c1)c1ccccc1. The van der Waals surface area contributed by atoms with Crippen molar-refractivity contribution < 1.29 is 9.15 Å². The topological polar surface area (TPSA) is 39.4 Å². The molecule has 1 heterocycles. The van der Waals surface area contributed by atoms with Crippen molar-refractivity contribution in [2.45, 2.75) is 19.4 Å². The molecule has 0 amide bonds. The minimum atomic E-state index is -0.0620. The highest BCUT2D eigenvalue weighted by Crippen LogP contribution is 2.28. The Morgan fingerprint density at radius 2 is 1.63 bits per heavy atom. The lowest BCUT2D eigenvalue weighted by Crippen LogP contribution is -2.08. The molecule has 3 heteroatoms. The third-order valence-corrected chi connectivity index (χ3v) is 4.65. The van der Waals surface area contributed by atoms with Gasteiger partial charge in [-0.2, -0.15) is 0 Å². The van der Waals surface area contributed by atoms with Gasteiger partial charge in [0.1, 0.15) is 23.7 Å². The summed E-state index contributed by atoms with van der Waals surface area (Å²) in [5.74, 6) is 0.663. The van der Waals surface area contributed by atoms with E-state index in [1.54, 1.807) is 12.1 Å². The van der Waals surface area contributed by atoms with Crippen LogP contribution in [-0.4, -0.2) is 0 Å². The van der Waals surface area contributed by atoms with E-state index < -0.39 is 0 Å². The summed E-state index contributed by atoms with van der Waals surface area (Å²) < 4.78 is 11.9. The van der Waals surface area contributed by atoms with Gasteiger partial charge in [0.25, 0.3) is 0 Å². The van der Waals surface area contributed by atoms with Crippen molar-refractivity contribution in [2.75, 3.05) is 0 Å². The first-order valence-electron chi connectivity index (χ1n) is 9.09. The molecule has 0 radical (unpaired) electrons. The van der Waals surface area contributed by atoms with Crippen LogP contribution in [0.2, 0.25) is 0 Å². The number of hydrogen-bond acceptors (Lipinski definition) is 3. The fourth-order valence-electron chi connectivity index (χ4n) is 3.22. The van der Waals surface area contributed by atoms with Crippen LogP contribution in [0.15, 0.2) is 94.3 Å². The van der Waals surface area contributed by atoms with Crippen molar-refractivity contribution in [1.29, 1.82) is 0 Å². The fraction of sp³-hybridized carbons (Fsp3) is 0.125. The summed E-state index contributed by atoms with van der Waals surface area (Å²) in [5.41, 5.74) is 3.01. The third-order valence-electron chi connectivity index (χ3n) is 4.65. The van der Waals surface area contributed by atoms with Crippen LogP contribution in [0.3, 0.4) is 0 Å². The minimum Gasteiger partial charge on any atom is -0.486 e. The molecule has 0 N–H and O–H groups in total. The van der Waals surface area contributed by atoms with E-state index in [4.69, 9.17) is 9.15 Å².